The van der Waals surface area contributed by atoms with Gasteiger partial charge >= 0.3 is 11.9 Å². The lowest BCUT2D eigenvalue weighted by Gasteiger charge is -2.14. The fraction of sp³-hybridized carbons (Fsp3) is 0. The zero-order valence-corrected chi connectivity index (χ0v) is 12.6. The average Bonchev–Trinajstić information content (AvgIpc) is 2.77. The Labute approximate surface area is 139 Å². The van der Waals surface area contributed by atoms with Crippen molar-refractivity contribution in [1.29, 1.82) is 0 Å². The Hall–Kier alpha value is -3.19. The fourth-order valence-corrected chi connectivity index (χ4v) is 2.68. The molecule has 1 aliphatic heterocycles. The minimum absolute atomic E-state index is 0.0293. The zero-order valence-electron chi connectivity index (χ0n) is 11.8. The number of hydrogen-bond acceptors (Lipinski definition) is 4. The molecule has 24 heavy (non-hydrogen) atoms. The molecule has 120 valence electrons. The summed E-state index contributed by atoms with van der Waals surface area (Å²) in [5.74, 6) is -3.78. The number of aromatic carboxylic acids is 2. The van der Waals surface area contributed by atoms with Crippen LogP contribution in [0.15, 0.2) is 36.4 Å². The number of halogens is 1. The van der Waals surface area contributed by atoms with Crippen LogP contribution >= 0.6 is 11.6 Å². The Morgan fingerprint density at radius 3 is 2.12 bits per heavy atom. The predicted octanol–water partition coefficient (Wildman–Crippen LogP) is 2.54. The van der Waals surface area contributed by atoms with Crippen LogP contribution in [0.1, 0.15) is 41.4 Å². The minimum Gasteiger partial charge on any atom is -0.478 e. The number of anilines is 1. The quantitative estimate of drug-likeness (QED) is 0.827. The van der Waals surface area contributed by atoms with Gasteiger partial charge in [0.05, 0.1) is 33.0 Å². The van der Waals surface area contributed by atoms with Crippen molar-refractivity contribution < 1.29 is 29.4 Å². The maximum atomic E-state index is 12.5. The van der Waals surface area contributed by atoms with Gasteiger partial charge in [-0.05, 0) is 36.4 Å². The summed E-state index contributed by atoms with van der Waals surface area (Å²) in [7, 11) is 0. The zero-order chi connectivity index (χ0) is 17.6. The summed E-state index contributed by atoms with van der Waals surface area (Å²) in [6.07, 6.45) is 0. The number of rotatable bonds is 3. The normalized spacial score (nSPS) is 13.1. The van der Waals surface area contributed by atoms with Crippen molar-refractivity contribution in [2.45, 2.75) is 0 Å². The summed E-state index contributed by atoms with van der Waals surface area (Å²) >= 11 is 5.87. The Kier molecular flexibility index (Phi) is 3.57. The molecule has 0 fully saturated rings. The Balaban J connectivity index is 2.06. The van der Waals surface area contributed by atoms with Gasteiger partial charge in [0.2, 0.25) is 0 Å². The molecule has 0 aliphatic carbocycles. The van der Waals surface area contributed by atoms with Crippen molar-refractivity contribution in [3.05, 3.63) is 63.7 Å². The molecule has 2 aromatic rings. The molecule has 0 unspecified atom stereocenters. The van der Waals surface area contributed by atoms with Crippen LogP contribution in [0.3, 0.4) is 0 Å². The van der Waals surface area contributed by atoms with Crippen molar-refractivity contribution in [3.63, 3.8) is 0 Å². The number of carboxylic acid groups (broad SMARTS) is 2. The van der Waals surface area contributed by atoms with Crippen LogP contribution in [0.4, 0.5) is 5.69 Å². The van der Waals surface area contributed by atoms with E-state index in [2.05, 4.69) is 0 Å². The maximum absolute atomic E-state index is 12.5. The summed E-state index contributed by atoms with van der Waals surface area (Å²) in [5, 5.41) is 17.8. The Morgan fingerprint density at radius 1 is 0.875 bits per heavy atom. The van der Waals surface area contributed by atoms with Gasteiger partial charge in [-0.1, -0.05) is 11.6 Å². The highest BCUT2D eigenvalue weighted by Gasteiger charge is 2.37. The van der Waals surface area contributed by atoms with Crippen molar-refractivity contribution in [2.24, 2.45) is 0 Å². The molecule has 0 saturated heterocycles. The van der Waals surface area contributed by atoms with E-state index in [9.17, 15) is 19.2 Å². The van der Waals surface area contributed by atoms with Gasteiger partial charge in [0.15, 0.2) is 0 Å². The summed E-state index contributed by atoms with van der Waals surface area (Å²) in [6, 6.07) is 7.31. The number of nitrogens with zero attached hydrogens (tertiary/aromatic N) is 1. The number of amides is 2. The molecule has 7 nitrogen and oxygen atoms in total. The molecular weight excluding hydrogens is 338 g/mol. The molecule has 2 N–H and O–H groups in total. The second-order valence-electron chi connectivity index (χ2n) is 4.98. The van der Waals surface area contributed by atoms with Crippen LogP contribution in [-0.2, 0) is 0 Å². The first-order valence-corrected chi connectivity index (χ1v) is 6.98. The Bertz CT molecular complexity index is 936. The molecule has 1 heterocycles. The largest absolute Gasteiger partial charge is 0.478 e. The van der Waals surface area contributed by atoms with Crippen LogP contribution in [0.5, 0.6) is 0 Å². The van der Waals surface area contributed by atoms with E-state index in [1.807, 2.05) is 0 Å². The molecule has 0 aromatic heterocycles. The van der Waals surface area contributed by atoms with E-state index >= 15 is 0 Å². The number of imide groups is 1. The van der Waals surface area contributed by atoms with E-state index in [0.29, 0.717) is 0 Å². The molecule has 0 saturated carbocycles. The van der Waals surface area contributed by atoms with E-state index in [1.165, 1.54) is 30.3 Å². The number of hydrogen-bond donors (Lipinski definition) is 2. The first-order chi connectivity index (χ1) is 11.3. The van der Waals surface area contributed by atoms with E-state index in [-0.39, 0.29) is 33.0 Å². The van der Waals surface area contributed by atoms with Crippen LogP contribution in [-0.4, -0.2) is 34.0 Å². The van der Waals surface area contributed by atoms with Gasteiger partial charge in [0.25, 0.3) is 11.8 Å². The van der Waals surface area contributed by atoms with Crippen LogP contribution in [0.25, 0.3) is 0 Å². The monoisotopic (exact) mass is 345 g/mol. The summed E-state index contributed by atoms with van der Waals surface area (Å²) in [5.41, 5.74) is -0.129. The van der Waals surface area contributed by atoms with Crippen molar-refractivity contribution in [3.8, 4) is 0 Å². The first kappa shape index (κ1) is 15.7. The summed E-state index contributed by atoms with van der Waals surface area (Å²) in [4.78, 5) is 47.7. The summed E-state index contributed by atoms with van der Waals surface area (Å²) in [6.45, 7) is 0. The number of carbonyl (C=O) groups excluding carboxylic acids is 2. The number of carbonyl (C=O) groups is 4. The van der Waals surface area contributed by atoms with Gasteiger partial charge < -0.3 is 10.2 Å². The predicted molar refractivity (Wildman–Crippen MR) is 83.0 cm³/mol. The van der Waals surface area contributed by atoms with Gasteiger partial charge in [-0.2, -0.15) is 0 Å². The molecule has 2 amide bonds. The number of benzene rings is 2. The third-order valence-corrected chi connectivity index (χ3v) is 3.89. The minimum atomic E-state index is -1.24. The number of fused-ring (bicyclic) bond motifs is 1. The lowest BCUT2D eigenvalue weighted by atomic mass is 10.1. The van der Waals surface area contributed by atoms with Gasteiger partial charge in [0, 0.05) is 0 Å². The summed E-state index contributed by atoms with van der Waals surface area (Å²) < 4.78 is 0. The van der Waals surface area contributed by atoms with Crippen molar-refractivity contribution in [2.75, 3.05) is 4.90 Å². The van der Waals surface area contributed by atoms with Crippen molar-refractivity contribution in [1.82, 2.24) is 0 Å². The molecule has 8 heteroatoms. The fourth-order valence-electron chi connectivity index (χ4n) is 2.42. The smallest absolute Gasteiger partial charge is 0.337 e. The molecule has 0 spiro atoms. The highest BCUT2D eigenvalue weighted by atomic mass is 35.5. The lowest BCUT2D eigenvalue weighted by molar-refractivity contribution is 0.0686. The SMILES string of the molecule is O=C(O)c1ccc2c(c1)C(=O)N(c1ccc(C(=O)O)c(Cl)c1)C2=O. The second kappa shape index (κ2) is 5.47. The molecule has 0 bridgehead atoms. The van der Waals surface area contributed by atoms with Gasteiger partial charge in [0.1, 0.15) is 0 Å². The van der Waals surface area contributed by atoms with E-state index in [0.717, 1.165) is 11.0 Å². The standard InChI is InChI=1S/C16H8ClNO6/c17-12-6-8(2-4-10(12)16(23)24)18-13(19)9-3-1-7(15(21)22)5-11(9)14(18)20/h1-6H,(H,21,22)(H,23,24). The molecule has 3 rings (SSSR count). The molecule has 2 aromatic carbocycles. The van der Waals surface area contributed by atoms with E-state index in [4.69, 9.17) is 21.8 Å². The Morgan fingerprint density at radius 2 is 1.54 bits per heavy atom. The van der Waals surface area contributed by atoms with Gasteiger partial charge in [-0.3, -0.25) is 9.59 Å². The van der Waals surface area contributed by atoms with E-state index in [1.54, 1.807) is 0 Å². The molecule has 0 radical (unpaired) electrons. The topological polar surface area (TPSA) is 112 Å². The number of carboxylic acids is 2. The second-order valence-corrected chi connectivity index (χ2v) is 5.39. The van der Waals surface area contributed by atoms with Crippen LogP contribution in [0, 0.1) is 0 Å². The van der Waals surface area contributed by atoms with E-state index < -0.39 is 23.8 Å². The average molecular weight is 346 g/mol. The van der Waals surface area contributed by atoms with Crippen LogP contribution in [0.2, 0.25) is 5.02 Å². The van der Waals surface area contributed by atoms with Crippen molar-refractivity contribution >= 4 is 41.0 Å². The van der Waals surface area contributed by atoms with Gasteiger partial charge in [-0.25, -0.2) is 14.5 Å². The third kappa shape index (κ3) is 2.31. The molecule has 0 atom stereocenters. The lowest BCUT2D eigenvalue weighted by Crippen LogP contribution is -2.29. The van der Waals surface area contributed by atoms with Gasteiger partial charge in [-0.15, -0.1) is 0 Å². The maximum Gasteiger partial charge on any atom is 0.337 e. The third-order valence-electron chi connectivity index (χ3n) is 3.57. The highest BCUT2D eigenvalue weighted by molar-refractivity contribution is 6.36. The highest BCUT2D eigenvalue weighted by Crippen LogP contribution is 2.31. The van der Waals surface area contributed by atoms with Crippen LogP contribution < -0.4 is 4.90 Å². The first-order valence-electron chi connectivity index (χ1n) is 6.60. The molecular formula is C16H8ClNO6. The molecule has 1 aliphatic rings.